The molecule has 0 radical (unpaired) electrons. The Kier molecular flexibility index (Phi) is 5.98. The number of nitrogens with two attached hydrogens (primary N) is 1. The summed E-state index contributed by atoms with van der Waals surface area (Å²) in [6.45, 7) is 2.10. The number of hydrogen-bond donors (Lipinski definition) is 3. The van der Waals surface area contributed by atoms with E-state index in [2.05, 4.69) is 5.32 Å². The molecule has 0 heterocycles. The molecule has 6 nitrogen and oxygen atoms in total. The van der Waals surface area contributed by atoms with Gasteiger partial charge in [-0.15, -0.1) is 0 Å². The minimum atomic E-state index is -1.04. The third-order valence-electron chi connectivity index (χ3n) is 2.53. The van der Waals surface area contributed by atoms with Crippen LogP contribution in [0.15, 0.2) is 24.3 Å². The van der Waals surface area contributed by atoms with Crippen molar-refractivity contribution in [3.8, 4) is 0 Å². The van der Waals surface area contributed by atoms with E-state index in [1.165, 1.54) is 0 Å². The first kappa shape index (κ1) is 15.1. The molecule has 0 bridgehead atoms. The van der Waals surface area contributed by atoms with Crippen LogP contribution in [0.4, 0.5) is 0 Å². The van der Waals surface area contributed by atoms with Crippen LogP contribution in [0, 0.1) is 6.92 Å². The molecule has 0 aromatic heterocycles. The molecule has 1 unspecified atom stereocenters. The van der Waals surface area contributed by atoms with E-state index in [9.17, 15) is 9.59 Å². The molecule has 0 aliphatic carbocycles. The van der Waals surface area contributed by atoms with Gasteiger partial charge < -0.3 is 20.9 Å². The van der Waals surface area contributed by atoms with E-state index < -0.39 is 17.9 Å². The Bertz CT molecular complexity index is 431. The van der Waals surface area contributed by atoms with E-state index in [0.717, 1.165) is 11.1 Å². The second-order valence-electron chi connectivity index (χ2n) is 4.07. The lowest BCUT2D eigenvalue weighted by atomic mass is 10.1. The Morgan fingerprint density at radius 3 is 2.53 bits per heavy atom. The summed E-state index contributed by atoms with van der Waals surface area (Å²) in [7, 11) is 0. The number of nitrogens with one attached hydrogen (secondary N) is 1. The SMILES string of the molecule is Cc1ccc(C(CNC(=O)C(N)=O)OCCO)cc1. The van der Waals surface area contributed by atoms with Crippen LogP contribution in [-0.2, 0) is 14.3 Å². The molecule has 1 rings (SSSR count). The van der Waals surface area contributed by atoms with Crippen LogP contribution < -0.4 is 11.1 Å². The van der Waals surface area contributed by atoms with Gasteiger partial charge in [0.05, 0.1) is 19.3 Å². The van der Waals surface area contributed by atoms with E-state index >= 15 is 0 Å². The molecule has 0 aliphatic rings. The van der Waals surface area contributed by atoms with Gasteiger partial charge in [0.2, 0.25) is 0 Å². The third-order valence-corrected chi connectivity index (χ3v) is 2.53. The van der Waals surface area contributed by atoms with Gasteiger partial charge in [0.15, 0.2) is 0 Å². The lowest BCUT2D eigenvalue weighted by Gasteiger charge is -2.18. The summed E-state index contributed by atoms with van der Waals surface area (Å²) in [6.07, 6.45) is -0.434. The lowest BCUT2D eigenvalue weighted by molar-refractivity contribution is -0.137. The highest BCUT2D eigenvalue weighted by molar-refractivity contribution is 6.34. The first-order chi connectivity index (χ1) is 9.04. The molecule has 6 heteroatoms. The Morgan fingerprint density at radius 1 is 1.37 bits per heavy atom. The lowest BCUT2D eigenvalue weighted by Crippen LogP contribution is -2.38. The third kappa shape index (κ3) is 5.07. The van der Waals surface area contributed by atoms with Crippen molar-refractivity contribution < 1.29 is 19.4 Å². The first-order valence-electron chi connectivity index (χ1n) is 5.91. The Balaban J connectivity index is 2.68. The number of benzene rings is 1. The summed E-state index contributed by atoms with van der Waals surface area (Å²) < 4.78 is 5.43. The van der Waals surface area contributed by atoms with Gasteiger partial charge >= 0.3 is 11.8 Å². The van der Waals surface area contributed by atoms with E-state index in [-0.39, 0.29) is 19.8 Å². The molecule has 1 atom stereocenters. The van der Waals surface area contributed by atoms with E-state index in [0.29, 0.717) is 0 Å². The van der Waals surface area contributed by atoms with Gasteiger partial charge in [-0.2, -0.15) is 0 Å². The highest BCUT2D eigenvalue weighted by Gasteiger charge is 2.15. The molecule has 0 fully saturated rings. The molecular weight excluding hydrogens is 248 g/mol. The van der Waals surface area contributed by atoms with E-state index in [4.69, 9.17) is 15.6 Å². The smallest absolute Gasteiger partial charge is 0.309 e. The second-order valence-corrected chi connectivity index (χ2v) is 4.07. The number of primary amides is 1. The summed E-state index contributed by atoms with van der Waals surface area (Å²) in [5, 5.41) is 11.2. The zero-order valence-corrected chi connectivity index (χ0v) is 10.8. The number of hydrogen-bond acceptors (Lipinski definition) is 4. The number of aliphatic hydroxyl groups excluding tert-OH is 1. The van der Waals surface area contributed by atoms with Crippen molar-refractivity contribution in [3.63, 3.8) is 0 Å². The van der Waals surface area contributed by atoms with Crippen molar-refractivity contribution in [2.75, 3.05) is 19.8 Å². The fraction of sp³-hybridized carbons (Fsp3) is 0.385. The molecule has 0 saturated heterocycles. The molecule has 0 spiro atoms. The highest BCUT2D eigenvalue weighted by Crippen LogP contribution is 2.17. The summed E-state index contributed by atoms with van der Waals surface area (Å²) >= 11 is 0. The van der Waals surface area contributed by atoms with Crippen molar-refractivity contribution >= 4 is 11.8 Å². The predicted octanol–water partition coefficient (Wildman–Crippen LogP) is -0.353. The van der Waals surface area contributed by atoms with E-state index in [1.54, 1.807) is 0 Å². The molecule has 19 heavy (non-hydrogen) atoms. The Labute approximate surface area is 111 Å². The van der Waals surface area contributed by atoms with Crippen LogP contribution in [0.3, 0.4) is 0 Å². The van der Waals surface area contributed by atoms with Crippen molar-refractivity contribution in [2.45, 2.75) is 13.0 Å². The Hall–Kier alpha value is -1.92. The van der Waals surface area contributed by atoms with Crippen molar-refractivity contribution in [3.05, 3.63) is 35.4 Å². The molecular formula is C13H18N2O4. The maximum atomic E-state index is 11.1. The highest BCUT2D eigenvalue weighted by atomic mass is 16.5. The standard InChI is InChI=1S/C13H18N2O4/c1-9-2-4-10(5-3-9)11(19-7-6-16)8-15-13(18)12(14)17/h2-5,11,16H,6-8H2,1H3,(H2,14,17)(H,15,18). The molecule has 1 aromatic rings. The van der Waals surface area contributed by atoms with Gasteiger partial charge in [-0.3, -0.25) is 9.59 Å². The fourth-order valence-electron chi connectivity index (χ4n) is 1.52. The van der Waals surface area contributed by atoms with Crippen molar-refractivity contribution in [1.82, 2.24) is 5.32 Å². The summed E-state index contributed by atoms with van der Waals surface area (Å²) in [4.78, 5) is 21.8. The number of carbonyl (C=O) groups excluding carboxylic acids is 2. The summed E-state index contributed by atoms with van der Waals surface area (Å²) in [5.41, 5.74) is 6.80. The predicted molar refractivity (Wildman–Crippen MR) is 69.2 cm³/mol. The fourth-order valence-corrected chi connectivity index (χ4v) is 1.52. The van der Waals surface area contributed by atoms with Crippen LogP contribution in [0.2, 0.25) is 0 Å². The number of carbonyl (C=O) groups is 2. The van der Waals surface area contributed by atoms with Gasteiger partial charge in [0.25, 0.3) is 0 Å². The second kappa shape index (κ2) is 7.50. The van der Waals surface area contributed by atoms with Gasteiger partial charge in [-0.25, -0.2) is 0 Å². The minimum Gasteiger partial charge on any atom is -0.394 e. The molecule has 4 N–H and O–H groups in total. The minimum absolute atomic E-state index is 0.116. The van der Waals surface area contributed by atoms with Crippen LogP contribution in [0.5, 0.6) is 0 Å². The number of rotatable bonds is 6. The zero-order chi connectivity index (χ0) is 14.3. The average Bonchev–Trinajstić information content (AvgIpc) is 2.39. The quantitative estimate of drug-likeness (QED) is 0.612. The van der Waals surface area contributed by atoms with Gasteiger partial charge in [-0.1, -0.05) is 29.8 Å². The van der Waals surface area contributed by atoms with Crippen LogP contribution in [0.25, 0.3) is 0 Å². The van der Waals surface area contributed by atoms with Crippen molar-refractivity contribution in [2.24, 2.45) is 5.73 Å². The monoisotopic (exact) mass is 266 g/mol. The van der Waals surface area contributed by atoms with Gasteiger partial charge in [0.1, 0.15) is 0 Å². The summed E-state index contributed by atoms with van der Waals surface area (Å²) in [5.74, 6) is -1.89. The Morgan fingerprint density at radius 2 is 2.00 bits per heavy atom. The average molecular weight is 266 g/mol. The molecule has 1 aromatic carbocycles. The first-order valence-corrected chi connectivity index (χ1v) is 5.91. The van der Waals surface area contributed by atoms with Gasteiger partial charge in [-0.05, 0) is 12.5 Å². The summed E-state index contributed by atoms with van der Waals surface area (Å²) in [6, 6.07) is 7.57. The molecule has 0 aliphatic heterocycles. The normalized spacial score (nSPS) is 11.9. The maximum absolute atomic E-state index is 11.1. The van der Waals surface area contributed by atoms with E-state index in [1.807, 2.05) is 31.2 Å². The molecule has 2 amide bonds. The molecule has 104 valence electrons. The van der Waals surface area contributed by atoms with Crippen LogP contribution in [-0.4, -0.2) is 36.7 Å². The number of ether oxygens (including phenoxy) is 1. The number of amides is 2. The number of aryl methyl sites for hydroxylation is 1. The van der Waals surface area contributed by atoms with Crippen LogP contribution in [0.1, 0.15) is 17.2 Å². The molecule has 0 saturated carbocycles. The van der Waals surface area contributed by atoms with Crippen molar-refractivity contribution in [1.29, 1.82) is 0 Å². The largest absolute Gasteiger partial charge is 0.394 e. The topological polar surface area (TPSA) is 102 Å². The van der Waals surface area contributed by atoms with Crippen LogP contribution >= 0.6 is 0 Å². The maximum Gasteiger partial charge on any atom is 0.309 e. The zero-order valence-electron chi connectivity index (χ0n) is 10.8. The number of aliphatic hydroxyl groups is 1. The van der Waals surface area contributed by atoms with Gasteiger partial charge in [0, 0.05) is 6.54 Å².